The molecule has 1 aromatic carbocycles. The van der Waals surface area contributed by atoms with E-state index in [1.165, 1.54) is 0 Å². The summed E-state index contributed by atoms with van der Waals surface area (Å²) in [5.74, 6) is 0. The van der Waals surface area contributed by atoms with Crippen molar-refractivity contribution in [2.75, 3.05) is 13.2 Å². The maximum absolute atomic E-state index is 13.7. The molecule has 8 heteroatoms. The number of sulfone groups is 1. The molecule has 3 atom stereocenters. The molecule has 31 heavy (non-hydrogen) atoms. The van der Waals surface area contributed by atoms with E-state index in [1.54, 1.807) is 24.3 Å². The van der Waals surface area contributed by atoms with Crippen molar-refractivity contribution in [3.63, 3.8) is 0 Å². The summed E-state index contributed by atoms with van der Waals surface area (Å²) in [6, 6.07) is 6.79. The number of rotatable bonds is 15. The molecule has 0 aliphatic carbocycles. The van der Waals surface area contributed by atoms with Crippen LogP contribution in [-0.4, -0.2) is 27.8 Å². The molecule has 0 aromatic heterocycles. The fourth-order valence-corrected chi connectivity index (χ4v) is 6.48. The van der Waals surface area contributed by atoms with Crippen LogP contribution in [0.1, 0.15) is 73.2 Å². The van der Waals surface area contributed by atoms with Gasteiger partial charge in [-0.15, -0.1) is 0 Å². The van der Waals surface area contributed by atoms with E-state index in [-0.39, 0.29) is 39.4 Å². The first-order valence-electron chi connectivity index (χ1n) is 11.1. The van der Waals surface area contributed by atoms with Crippen LogP contribution >= 0.6 is 18.9 Å². The van der Waals surface area contributed by atoms with Gasteiger partial charge in [-0.3, -0.25) is 4.85 Å². The Hall–Kier alpha value is -0.560. The van der Waals surface area contributed by atoms with Gasteiger partial charge in [-0.05, 0) is 55.6 Å². The number of aryl methyl sites for hydroxylation is 1. The minimum absolute atomic E-state index is 0. The van der Waals surface area contributed by atoms with Crippen LogP contribution in [0.15, 0.2) is 29.2 Å². The van der Waals surface area contributed by atoms with E-state index in [0.717, 1.165) is 18.4 Å². The van der Waals surface area contributed by atoms with Gasteiger partial charge >= 0.3 is 4.87 Å². The van der Waals surface area contributed by atoms with E-state index in [0.29, 0.717) is 26.1 Å². The Labute approximate surface area is 197 Å². The second-order valence-corrected chi connectivity index (χ2v) is 12.9. The highest BCUT2D eigenvalue weighted by Gasteiger charge is 2.51. The maximum Gasteiger partial charge on any atom is 0.333 e. The number of hydrogen-bond acceptors (Lipinski definition) is 4. The molecule has 0 amide bonds. The van der Waals surface area contributed by atoms with E-state index < -0.39 is 14.7 Å². The third-order valence-electron chi connectivity index (χ3n) is 5.81. The molecule has 0 aliphatic rings. The average molecular weight is 494 g/mol. The Morgan fingerprint density at radius 2 is 1.48 bits per heavy atom. The molecule has 0 spiro atoms. The standard InChI is InChI=1S/C23H39NO4P2S.H2/c1-19-9-11-20(12-10-19)31(25,26)23(24-6,15-7-13-21(2,3)17-27-29)16-8-14-22(4,5)18-28-30;/h9-12H,7-8,13-18,29-30H2,1-5H3;1H/i29T;1+2. The third kappa shape index (κ3) is 8.38. The average Bonchev–Trinajstić information content (AvgIpc) is 2.71. The summed E-state index contributed by atoms with van der Waals surface area (Å²) in [6.45, 7) is 19.2. The highest BCUT2D eigenvalue weighted by atomic mass is 32.2. The van der Waals surface area contributed by atoms with Crippen molar-refractivity contribution in [1.82, 2.24) is 0 Å². The number of hydrogen-bond donors (Lipinski definition) is 0. The van der Waals surface area contributed by atoms with E-state index in [2.05, 4.69) is 28.2 Å². The van der Waals surface area contributed by atoms with Crippen LogP contribution in [0.2, 0.25) is 0 Å². The zero-order valence-corrected chi connectivity index (χ0v) is 22.5. The number of nitrogens with zero attached hydrogens (tertiary/aromatic N) is 1. The van der Waals surface area contributed by atoms with Gasteiger partial charge < -0.3 is 9.05 Å². The molecule has 178 valence electrons. The third-order valence-corrected chi connectivity index (χ3v) is 8.52. The molecule has 0 saturated carbocycles. The summed E-state index contributed by atoms with van der Waals surface area (Å²) in [4.78, 5) is 2.52. The fourth-order valence-electron chi connectivity index (χ4n) is 3.75. The molecule has 3 unspecified atom stereocenters. The van der Waals surface area contributed by atoms with Gasteiger partial charge in [-0.1, -0.05) is 45.4 Å². The van der Waals surface area contributed by atoms with Gasteiger partial charge in [-0.2, -0.15) is 0 Å². The smallest absolute Gasteiger partial charge is 0.333 e. The molecule has 1 rings (SSSR count). The van der Waals surface area contributed by atoms with Crippen molar-refractivity contribution < 1.29 is 18.9 Å². The predicted octanol–water partition coefficient (Wildman–Crippen LogP) is 6.64. The summed E-state index contributed by atoms with van der Waals surface area (Å²) in [7, 11) is -1.90. The molecule has 0 bridgehead atoms. The molecular formula is C23H41NO4P2S. The topological polar surface area (TPSA) is 57.0 Å². The van der Waals surface area contributed by atoms with Crippen LogP contribution in [0.4, 0.5) is 0 Å². The van der Waals surface area contributed by atoms with E-state index in [4.69, 9.17) is 16.9 Å². The largest absolute Gasteiger partial charge is 0.365 e. The van der Waals surface area contributed by atoms with Crippen molar-refractivity contribution in [3.05, 3.63) is 41.2 Å². The lowest BCUT2D eigenvalue weighted by Gasteiger charge is -2.28. The molecule has 0 saturated heterocycles. The number of benzene rings is 1. The summed E-state index contributed by atoms with van der Waals surface area (Å²) in [6.07, 6.45) is 3.29. The van der Waals surface area contributed by atoms with Gasteiger partial charge in [0.15, 0.2) is 0 Å². The molecular weight excluding hydrogens is 448 g/mol. The van der Waals surface area contributed by atoms with Gasteiger partial charge in [-0.25, -0.2) is 15.0 Å². The lowest BCUT2D eigenvalue weighted by Crippen LogP contribution is -2.36. The van der Waals surface area contributed by atoms with Crippen LogP contribution in [0.3, 0.4) is 0 Å². The van der Waals surface area contributed by atoms with Gasteiger partial charge in [0.05, 0.1) is 19.4 Å². The van der Waals surface area contributed by atoms with E-state index >= 15 is 0 Å². The van der Waals surface area contributed by atoms with Crippen LogP contribution in [-0.2, 0) is 18.9 Å². The van der Waals surface area contributed by atoms with Gasteiger partial charge in [0.1, 0.15) is 0 Å². The molecule has 0 N–H and O–H groups in total. The van der Waals surface area contributed by atoms with Gasteiger partial charge in [0.2, 0.25) is 0 Å². The molecule has 1 aromatic rings. The highest BCUT2D eigenvalue weighted by Crippen LogP contribution is 2.40. The summed E-state index contributed by atoms with van der Waals surface area (Å²) in [5.41, 5.74) is 0.709. The fraction of sp³-hybridized carbons (Fsp3) is 0.696. The van der Waals surface area contributed by atoms with Gasteiger partial charge in [0.25, 0.3) is 9.84 Å². The van der Waals surface area contributed by atoms with Crippen molar-refractivity contribution in [1.29, 1.82) is 1.28 Å². The normalized spacial score (nSPS) is 15.6. The first-order valence-corrected chi connectivity index (χ1v) is 13.0. The SMILES string of the molecule is [3HH].[3H]POCC(C)(C)CCCC(CCCC(C)(C)COP)([N+]#[C-])S(=O)(=O)c1ccc(C)cc1. The Balaban J connectivity index is 0.0000102. The Morgan fingerprint density at radius 3 is 1.90 bits per heavy atom. The second-order valence-electron chi connectivity index (χ2n) is 10.0. The predicted molar refractivity (Wildman–Crippen MR) is 136 cm³/mol. The Morgan fingerprint density at radius 1 is 1.00 bits per heavy atom. The molecule has 0 fully saturated rings. The highest BCUT2D eigenvalue weighted by molar-refractivity contribution is 7.93. The lowest BCUT2D eigenvalue weighted by atomic mass is 9.85. The maximum atomic E-state index is 13.7. The lowest BCUT2D eigenvalue weighted by molar-refractivity contribution is 0.181. The van der Waals surface area contributed by atoms with Crippen molar-refractivity contribution in [2.24, 2.45) is 10.8 Å². The zero-order chi connectivity index (χ0) is 24.5. The quantitative estimate of drug-likeness (QED) is 0.203. The van der Waals surface area contributed by atoms with Crippen LogP contribution in [0, 0.1) is 24.3 Å². The van der Waals surface area contributed by atoms with E-state index in [9.17, 15) is 8.42 Å². The summed E-state index contributed by atoms with van der Waals surface area (Å²) >= 11 is 0. The summed E-state index contributed by atoms with van der Waals surface area (Å²) < 4.78 is 45.1. The van der Waals surface area contributed by atoms with Crippen LogP contribution in [0.5, 0.6) is 0 Å². The van der Waals surface area contributed by atoms with Gasteiger partial charge in [0, 0.05) is 33.1 Å². The van der Waals surface area contributed by atoms with E-state index in [1.807, 2.05) is 20.8 Å². The second kappa shape index (κ2) is 12.1. The first-order chi connectivity index (χ1) is 14.8. The molecule has 5 nitrogen and oxygen atoms in total. The summed E-state index contributed by atoms with van der Waals surface area (Å²) in [5, 5.41) is 0. The van der Waals surface area contributed by atoms with Crippen LogP contribution < -0.4 is 0 Å². The van der Waals surface area contributed by atoms with Crippen molar-refractivity contribution in [3.8, 4) is 0 Å². The Bertz CT molecular complexity index is 858. The minimum atomic E-state index is -3.84. The molecule has 0 radical (unpaired) electrons. The minimum Gasteiger partial charge on any atom is -0.365 e. The monoisotopic (exact) mass is 493 g/mol. The molecule has 0 heterocycles. The Kier molecular flexibility index (Phi) is 10.4. The van der Waals surface area contributed by atoms with Crippen molar-refractivity contribution >= 4 is 28.7 Å². The van der Waals surface area contributed by atoms with Crippen LogP contribution in [0.25, 0.3) is 4.85 Å². The first kappa shape index (κ1) is 26.7. The molecule has 0 aliphatic heterocycles. The zero-order valence-electron chi connectivity index (χ0n) is 20.5. The van der Waals surface area contributed by atoms with Crippen molar-refractivity contribution in [2.45, 2.75) is 82.9 Å².